The molecule has 2 N–H and O–H groups in total. The van der Waals surface area contributed by atoms with Gasteiger partial charge in [-0.25, -0.2) is 14.1 Å². The smallest absolute Gasteiger partial charge is 0.335 e. The Balaban J connectivity index is 1.48. The van der Waals surface area contributed by atoms with Crippen LogP contribution in [0.4, 0.5) is 20.6 Å². The zero-order valence-corrected chi connectivity index (χ0v) is 20.6. The lowest BCUT2D eigenvalue weighted by Gasteiger charge is -2.26. The lowest BCUT2D eigenvalue weighted by atomic mass is 10.0. The Kier molecular flexibility index (Phi) is 7.35. The summed E-state index contributed by atoms with van der Waals surface area (Å²) in [7, 11) is 0. The van der Waals surface area contributed by atoms with E-state index in [1.54, 1.807) is 24.3 Å². The molecule has 3 aromatic rings. The van der Waals surface area contributed by atoms with E-state index >= 15 is 0 Å². The van der Waals surface area contributed by atoms with E-state index in [-0.39, 0.29) is 23.0 Å². The van der Waals surface area contributed by atoms with Crippen molar-refractivity contribution in [2.45, 2.75) is 13.8 Å². The number of barbiturate groups is 1. The number of benzene rings is 3. The molecule has 1 aliphatic heterocycles. The van der Waals surface area contributed by atoms with Crippen LogP contribution in [0.15, 0.2) is 66.2 Å². The second-order valence-electron chi connectivity index (χ2n) is 8.26. The molecule has 1 fully saturated rings. The molecule has 0 radical (unpaired) electrons. The first-order valence-corrected chi connectivity index (χ1v) is 11.5. The average Bonchev–Trinajstić information content (AvgIpc) is 2.84. The Morgan fingerprint density at radius 1 is 1.03 bits per heavy atom. The number of ether oxygens (including phenoxy) is 1. The van der Waals surface area contributed by atoms with E-state index in [1.807, 2.05) is 13.8 Å². The van der Waals surface area contributed by atoms with Gasteiger partial charge in [-0.15, -0.1) is 0 Å². The number of anilines is 2. The standard InChI is InChI=1S/C27H21ClFN3O5/c1-15-3-9-20(11-16(15)2)32-26(35)21(25(34)31-27(32)36)12-17-4-10-23(22(28)13-17)37-14-24(33)30-19-7-5-18(29)6-8-19/h3-13H,14H2,1-2H3,(H,30,33)(H,31,34,36)/b21-12-. The van der Waals surface area contributed by atoms with Gasteiger partial charge in [-0.3, -0.25) is 19.7 Å². The Hall–Kier alpha value is -4.50. The van der Waals surface area contributed by atoms with Crippen LogP contribution in [0.5, 0.6) is 5.75 Å². The molecule has 3 aromatic carbocycles. The van der Waals surface area contributed by atoms with Gasteiger partial charge in [-0.1, -0.05) is 23.7 Å². The van der Waals surface area contributed by atoms with E-state index in [4.69, 9.17) is 16.3 Å². The number of imide groups is 2. The van der Waals surface area contributed by atoms with E-state index in [2.05, 4.69) is 10.6 Å². The maximum atomic E-state index is 13.1. The number of hydrogen-bond donors (Lipinski definition) is 2. The topological polar surface area (TPSA) is 105 Å². The zero-order chi connectivity index (χ0) is 26.7. The Bertz CT molecular complexity index is 1450. The van der Waals surface area contributed by atoms with Crippen LogP contribution >= 0.6 is 11.6 Å². The number of aryl methyl sites for hydroxylation is 2. The first-order valence-electron chi connectivity index (χ1n) is 11.1. The third-order valence-corrected chi connectivity index (χ3v) is 5.90. The van der Waals surface area contributed by atoms with Crippen molar-refractivity contribution in [2.24, 2.45) is 0 Å². The van der Waals surface area contributed by atoms with Crippen LogP contribution in [0.1, 0.15) is 16.7 Å². The number of nitrogens with one attached hydrogen (secondary N) is 2. The molecular formula is C27H21ClFN3O5. The third kappa shape index (κ3) is 5.84. The highest BCUT2D eigenvalue weighted by atomic mass is 35.5. The predicted octanol–water partition coefficient (Wildman–Crippen LogP) is 4.78. The number of urea groups is 1. The average molecular weight is 522 g/mol. The van der Waals surface area contributed by atoms with Gasteiger partial charge in [0.15, 0.2) is 6.61 Å². The van der Waals surface area contributed by atoms with Crippen LogP contribution in [-0.4, -0.2) is 30.4 Å². The molecule has 1 heterocycles. The van der Waals surface area contributed by atoms with E-state index in [0.717, 1.165) is 16.0 Å². The van der Waals surface area contributed by atoms with Crippen molar-refractivity contribution < 1.29 is 28.3 Å². The summed E-state index contributed by atoms with van der Waals surface area (Å²) < 4.78 is 18.4. The van der Waals surface area contributed by atoms with Crippen LogP contribution in [0.3, 0.4) is 0 Å². The number of nitrogens with zero attached hydrogens (tertiary/aromatic N) is 1. The highest BCUT2D eigenvalue weighted by molar-refractivity contribution is 6.39. The molecule has 0 spiro atoms. The number of carbonyl (C=O) groups excluding carboxylic acids is 4. The molecule has 37 heavy (non-hydrogen) atoms. The van der Waals surface area contributed by atoms with Crippen LogP contribution in [-0.2, 0) is 14.4 Å². The number of amides is 5. The number of carbonyl (C=O) groups is 4. The number of hydrogen-bond acceptors (Lipinski definition) is 5. The molecule has 1 saturated heterocycles. The minimum absolute atomic E-state index is 0.134. The summed E-state index contributed by atoms with van der Waals surface area (Å²) in [5, 5.41) is 4.88. The van der Waals surface area contributed by atoms with Crippen LogP contribution in [0.25, 0.3) is 6.08 Å². The second kappa shape index (κ2) is 10.6. The lowest BCUT2D eigenvalue weighted by molar-refractivity contribution is -0.122. The van der Waals surface area contributed by atoms with Gasteiger partial charge in [0, 0.05) is 5.69 Å². The Morgan fingerprint density at radius 2 is 1.76 bits per heavy atom. The van der Waals surface area contributed by atoms with Crippen molar-refractivity contribution in [2.75, 3.05) is 16.8 Å². The summed E-state index contributed by atoms with van der Waals surface area (Å²) in [6.45, 7) is 3.40. The van der Waals surface area contributed by atoms with Crippen LogP contribution < -0.4 is 20.3 Å². The molecule has 0 atom stereocenters. The predicted molar refractivity (Wildman–Crippen MR) is 137 cm³/mol. The van der Waals surface area contributed by atoms with Gasteiger partial charge in [0.1, 0.15) is 17.1 Å². The van der Waals surface area contributed by atoms with E-state index in [1.165, 1.54) is 42.5 Å². The summed E-state index contributed by atoms with van der Waals surface area (Å²) >= 11 is 6.28. The number of halogens is 2. The minimum Gasteiger partial charge on any atom is -0.482 e. The van der Waals surface area contributed by atoms with Crippen molar-refractivity contribution in [3.8, 4) is 5.75 Å². The molecule has 1 aliphatic rings. The summed E-state index contributed by atoms with van der Waals surface area (Å²) in [5.74, 6) is -2.30. The normalized spacial score (nSPS) is 14.5. The summed E-state index contributed by atoms with van der Waals surface area (Å²) in [6, 6.07) is 14.0. The SMILES string of the molecule is Cc1ccc(N2C(=O)NC(=O)/C(=C/c3ccc(OCC(=O)Nc4ccc(F)cc4)c(Cl)c3)C2=O)cc1C. The molecule has 5 amide bonds. The molecular weight excluding hydrogens is 501 g/mol. The molecule has 0 bridgehead atoms. The van der Waals surface area contributed by atoms with Gasteiger partial charge in [0.05, 0.1) is 10.7 Å². The van der Waals surface area contributed by atoms with E-state index < -0.39 is 29.6 Å². The fourth-order valence-electron chi connectivity index (χ4n) is 3.52. The highest BCUT2D eigenvalue weighted by Crippen LogP contribution is 2.28. The number of rotatable bonds is 6. The minimum atomic E-state index is -0.837. The van der Waals surface area contributed by atoms with E-state index in [9.17, 15) is 23.6 Å². The second-order valence-corrected chi connectivity index (χ2v) is 8.67. The highest BCUT2D eigenvalue weighted by Gasteiger charge is 2.36. The van der Waals surface area contributed by atoms with Gasteiger partial charge in [0.25, 0.3) is 17.7 Å². The van der Waals surface area contributed by atoms with Crippen molar-refractivity contribution in [1.82, 2.24) is 5.32 Å². The van der Waals surface area contributed by atoms with Gasteiger partial charge >= 0.3 is 6.03 Å². The molecule has 10 heteroatoms. The van der Waals surface area contributed by atoms with Gasteiger partial charge < -0.3 is 10.1 Å². The van der Waals surface area contributed by atoms with Crippen molar-refractivity contribution >= 4 is 52.8 Å². The van der Waals surface area contributed by atoms with Gasteiger partial charge in [-0.05, 0) is 85.1 Å². The van der Waals surface area contributed by atoms with Gasteiger partial charge in [0.2, 0.25) is 0 Å². The molecule has 0 unspecified atom stereocenters. The largest absolute Gasteiger partial charge is 0.482 e. The van der Waals surface area contributed by atoms with Crippen molar-refractivity contribution in [3.05, 3.63) is 93.8 Å². The van der Waals surface area contributed by atoms with Gasteiger partial charge in [-0.2, -0.15) is 0 Å². The molecule has 8 nitrogen and oxygen atoms in total. The zero-order valence-electron chi connectivity index (χ0n) is 19.8. The fraction of sp³-hybridized carbons (Fsp3) is 0.111. The molecule has 0 aliphatic carbocycles. The molecule has 188 valence electrons. The maximum Gasteiger partial charge on any atom is 0.335 e. The first-order chi connectivity index (χ1) is 17.6. The molecule has 4 rings (SSSR count). The Morgan fingerprint density at radius 3 is 2.43 bits per heavy atom. The van der Waals surface area contributed by atoms with Crippen molar-refractivity contribution in [3.63, 3.8) is 0 Å². The summed E-state index contributed by atoms with van der Waals surface area (Å²) in [5.41, 5.74) is 2.78. The summed E-state index contributed by atoms with van der Waals surface area (Å²) in [4.78, 5) is 51.0. The summed E-state index contributed by atoms with van der Waals surface area (Å²) in [6.07, 6.45) is 1.31. The molecule has 0 aromatic heterocycles. The quantitative estimate of drug-likeness (QED) is 0.359. The first kappa shape index (κ1) is 25.6. The fourth-order valence-corrected chi connectivity index (χ4v) is 3.76. The van der Waals surface area contributed by atoms with Crippen LogP contribution in [0.2, 0.25) is 5.02 Å². The monoisotopic (exact) mass is 521 g/mol. The Labute approximate surface area is 216 Å². The van der Waals surface area contributed by atoms with Crippen molar-refractivity contribution in [1.29, 1.82) is 0 Å². The molecule has 0 saturated carbocycles. The maximum absolute atomic E-state index is 13.1. The lowest BCUT2D eigenvalue weighted by Crippen LogP contribution is -2.54. The van der Waals surface area contributed by atoms with E-state index in [0.29, 0.717) is 16.9 Å². The van der Waals surface area contributed by atoms with Crippen LogP contribution in [0, 0.1) is 19.7 Å². The third-order valence-electron chi connectivity index (χ3n) is 5.60.